The SMILES string of the molecule is CC[O][Sn]([O]CC)([O]C(=O)CC)[O]C(=O)CC. The van der Waals surface area contributed by atoms with Crippen molar-refractivity contribution < 1.29 is 21.9 Å². The zero-order valence-corrected chi connectivity index (χ0v) is 13.6. The summed E-state index contributed by atoms with van der Waals surface area (Å²) >= 11 is -4.49. The van der Waals surface area contributed by atoms with Crippen LogP contribution >= 0.6 is 0 Å². The fourth-order valence-corrected chi connectivity index (χ4v) is 6.42. The molecule has 100 valence electrons. The van der Waals surface area contributed by atoms with E-state index in [1.807, 2.05) is 0 Å². The van der Waals surface area contributed by atoms with E-state index < -0.39 is 32.0 Å². The van der Waals surface area contributed by atoms with Gasteiger partial charge in [0.05, 0.1) is 0 Å². The molecule has 0 aromatic rings. The Morgan fingerprint density at radius 1 is 0.824 bits per heavy atom. The Kier molecular flexibility index (Phi) is 8.53. The molecule has 7 heteroatoms. The van der Waals surface area contributed by atoms with Gasteiger partial charge >= 0.3 is 108 Å². The average Bonchev–Trinajstić information content (AvgIpc) is 2.29. The van der Waals surface area contributed by atoms with Gasteiger partial charge in [-0.05, 0) is 0 Å². The first-order valence-corrected chi connectivity index (χ1v) is 10.4. The first-order valence-electron chi connectivity index (χ1n) is 5.75. The molecule has 0 heterocycles. The third kappa shape index (κ3) is 6.23. The van der Waals surface area contributed by atoms with Crippen LogP contribution in [0.15, 0.2) is 0 Å². The molecule has 0 N–H and O–H groups in total. The molecule has 6 nitrogen and oxygen atoms in total. The normalized spacial score (nSPS) is 11.1. The van der Waals surface area contributed by atoms with E-state index in [4.69, 9.17) is 12.3 Å². The van der Waals surface area contributed by atoms with Crippen molar-refractivity contribution in [3.05, 3.63) is 0 Å². The molecule has 0 saturated carbocycles. The molecule has 0 unspecified atom stereocenters. The molecule has 0 rings (SSSR count). The molecule has 0 aliphatic rings. The fraction of sp³-hybridized carbons (Fsp3) is 0.800. The Balaban J connectivity index is 4.82. The number of carbonyl (C=O) groups excluding carboxylic acids is 2. The van der Waals surface area contributed by atoms with E-state index in [9.17, 15) is 9.59 Å². The van der Waals surface area contributed by atoms with Crippen LogP contribution in [0.2, 0.25) is 0 Å². The van der Waals surface area contributed by atoms with E-state index in [2.05, 4.69) is 0 Å². The zero-order valence-electron chi connectivity index (χ0n) is 10.8. The first kappa shape index (κ1) is 16.7. The number of rotatable bonds is 8. The fourth-order valence-electron chi connectivity index (χ4n) is 0.957. The minimum absolute atomic E-state index is 0.183. The Bertz CT molecular complexity index is 229. The van der Waals surface area contributed by atoms with E-state index in [-0.39, 0.29) is 26.1 Å². The second-order valence-electron chi connectivity index (χ2n) is 3.02. The molecular weight excluding hydrogens is 335 g/mol. The molecule has 0 amide bonds. The van der Waals surface area contributed by atoms with E-state index >= 15 is 0 Å². The van der Waals surface area contributed by atoms with Crippen LogP contribution in [0.5, 0.6) is 0 Å². The van der Waals surface area contributed by atoms with Crippen LogP contribution in [0.4, 0.5) is 0 Å². The molecule has 17 heavy (non-hydrogen) atoms. The third-order valence-electron chi connectivity index (χ3n) is 1.70. The van der Waals surface area contributed by atoms with Crippen LogP contribution < -0.4 is 0 Å². The molecule has 0 aromatic carbocycles. The van der Waals surface area contributed by atoms with Gasteiger partial charge in [0.1, 0.15) is 0 Å². The van der Waals surface area contributed by atoms with Gasteiger partial charge in [-0.3, -0.25) is 0 Å². The van der Waals surface area contributed by atoms with Crippen LogP contribution in [-0.2, 0) is 21.9 Å². The second-order valence-corrected chi connectivity index (χ2v) is 8.69. The Morgan fingerprint density at radius 3 is 1.41 bits per heavy atom. The van der Waals surface area contributed by atoms with Gasteiger partial charge in [0.15, 0.2) is 0 Å². The standard InChI is InChI=1S/2C3H6O2.2C2H5O.Sn/c2*1-2-3(4)5;2*1-2-3;/h2*2H2,1H3,(H,4,5);2*2H2,1H3;/q;;2*-1;+4/p-2. The van der Waals surface area contributed by atoms with Crippen molar-refractivity contribution in [1.29, 1.82) is 0 Å². The van der Waals surface area contributed by atoms with Crippen molar-refractivity contribution in [2.24, 2.45) is 0 Å². The quantitative estimate of drug-likeness (QED) is 0.613. The van der Waals surface area contributed by atoms with Crippen molar-refractivity contribution in [2.75, 3.05) is 13.2 Å². The maximum absolute atomic E-state index is 11.3. The summed E-state index contributed by atoms with van der Waals surface area (Å²) < 4.78 is 20.9. The van der Waals surface area contributed by atoms with Gasteiger partial charge in [0, 0.05) is 0 Å². The van der Waals surface area contributed by atoms with Crippen LogP contribution in [-0.4, -0.2) is 45.2 Å². The number of hydrogen-bond acceptors (Lipinski definition) is 6. The Labute approximate surface area is 108 Å². The van der Waals surface area contributed by atoms with Crippen LogP contribution in [0.25, 0.3) is 0 Å². The summed E-state index contributed by atoms with van der Waals surface area (Å²) in [5, 5.41) is 0. The summed E-state index contributed by atoms with van der Waals surface area (Å²) in [4.78, 5) is 22.7. The van der Waals surface area contributed by atoms with Crippen LogP contribution in [0.1, 0.15) is 40.5 Å². The van der Waals surface area contributed by atoms with Crippen molar-refractivity contribution in [1.82, 2.24) is 0 Å². The monoisotopic (exact) mass is 356 g/mol. The number of hydrogen-bond donors (Lipinski definition) is 0. The number of carbonyl (C=O) groups is 2. The van der Waals surface area contributed by atoms with Gasteiger partial charge in [0.2, 0.25) is 0 Å². The van der Waals surface area contributed by atoms with Gasteiger partial charge in [-0.25, -0.2) is 0 Å². The topological polar surface area (TPSA) is 71.1 Å². The summed E-state index contributed by atoms with van der Waals surface area (Å²) in [6.45, 7) is 7.29. The third-order valence-corrected chi connectivity index (χ3v) is 8.09. The van der Waals surface area contributed by atoms with Crippen molar-refractivity contribution >= 4 is 32.0 Å². The van der Waals surface area contributed by atoms with Crippen molar-refractivity contribution in [2.45, 2.75) is 40.5 Å². The molecule has 0 fully saturated rings. The van der Waals surface area contributed by atoms with E-state index in [1.165, 1.54) is 0 Å². The molecule has 0 spiro atoms. The van der Waals surface area contributed by atoms with Crippen molar-refractivity contribution in [3.63, 3.8) is 0 Å². The van der Waals surface area contributed by atoms with Gasteiger partial charge in [-0.1, -0.05) is 0 Å². The Morgan fingerprint density at radius 2 is 1.18 bits per heavy atom. The van der Waals surface area contributed by atoms with Gasteiger partial charge in [-0.15, -0.1) is 0 Å². The summed E-state index contributed by atoms with van der Waals surface area (Å²) in [6.07, 6.45) is 0.366. The Hall–Kier alpha value is -0.341. The van der Waals surface area contributed by atoms with E-state index in [0.717, 1.165) is 0 Å². The van der Waals surface area contributed by atoms with Crippen molar-refractivity contribution in [3.8, 4) is 0 Å². The molecule has 0 bridgehead atoms. The summed E-state index contributed by atoms with van der Waals surface area (Å²) in [5.41, 5.74) is 0. The predicted octanol–water partition coefficient (Wildman–Crippen LogP) is 1.40. The maximum atomic E-state index is 11.3. The molecule has 0 radical (unpaired) electrons. The van der Waals surface area contributed by atoms with Crippen LogP contribution in [0.3, 0.4) is 0 Å². The first-order chi connectivity index (χ1) is 8.03. The summed E-state index contributed by atoms with van der Waals surface area (Å²) in [5.74, 6) is -0.960. The minimum atomic E-state index is -4.49. The van der Waals surface area contributed by atoms with Gasteiger partial charge in [0.25, 0.3) is 0 Å². The molecule has 0 atom stereocenters. The molecular formula is C10H20O6Sn. The second kappa shape index (κ2) is 8.71. The zero-order chi connectivity index (χ0) is 13.3. The van der Waals surface area contributed by atoms with Gasteiger partial charge in [-0.2, -0.15) is 0 Å². The summed E-state index contributed by atoms with van der Waals surface area (Å²) in [6, 6.07) is 0. The molecule has 0 aliphatic heterocycles. The molecule has 0 aromatic heterocycles. The van der Waals surface area contributed by atoms with Gasteiger partial charge < -0.3 is 0 Å². The van der Waals surface area contributed by atoms with E-state index in [0.29, 0.717) is 0 Å². The van der Waals surface area contributed by atoms with Crippen LogP contribution in [0, 0.1) is 0 Å². The van der Waals surface area contributed by atoms with E-state index in [1.54, 1.807) is 27.7 Å². The molecule has 0 aliphatic carbocycles. The summed E-state index contributed by atoms with van der Waals surface area (Å²) in [7, 11) is 0. The predicted molar refractivity (Wildman–Crippen MR) is 61.8 cm³/mol. The molecule has 0 saturated heterocycles. The average molecular weight is 355 g/mol.